The van der Waals surface area contributed by atoms with E-state index in [1.807, 2.05) is 0 Å². The molecule has 3 rings (SSSR count). The number of hydrogen-bond donors (Lipinski definition) is 2. The Morgan fingerprint density at radius 3 is 2.70 bits per heavy atom. The standard InChI is InChI=1S/C17H26N2O/c1-19-10-4-8-17(20,13-19)16(12-18)9-7-14-5-2-3-6-15(14)11-16/h2-3,5-6,20H,4,7-13,18H2,1H3. The molecule has 1 aliphatic heterocycles. The van der Waals surface area contributed by atoms with Gasteiger partial charge in [0, 0.05) is 18.5 Å². The lowest BCUT2D eigenvalue weighted by Gasteiger charge is -2.53. The minimum absolute atomic E-state index is 0.157. The molecule has 2 aliphatic rings. The summed E-state index contributed by atoms with van der Waals surface area (Å²) >= 11 is 0. The summed E-state index contributed by atoms with van der Waals surface area (Å²) in [4.78, 5) is 2.25. The number of hydrogen-bond acceptors (Lipinski definition) is 3. The summed E-state index contributed by atoms with van der Waals surface area (Å²) < 4.78 is 0. The first-order valence-electron chi connectivity index (χ1n) is 7.76. The smallest absolute Gasteiger partial charge is 0.0845 e. The van der Waals surface area contributed by atoms with Crippen molar-refractivity contribution in [2.24, 2.45) is 11.1 Å². The van der Waals surface area contributed by atoms with Gasteiger partial charge in [-0.2, -0.15) is 0 Å². The summed E-state index contributed by atoms with van der Waals surface area (Å²) in [6.45, 7) is 2.41. The number of aryl methyl sites for hydroxylation is 1. The molecule has 110 valence electrons. The van der Waals surface area contributed by atoms with E-state index in [1.165, 1.54) is 11.1 Å². The lowest BCUT2D eigenvalue weighted by Crippen LogP contribution is -2.62. The summed E-state index contributed by atoms with van der Waals surface area (Å²) in [5.74, 6) is 0. The second-order valence-electron chi connectivity index (χ2n) is 6.80. The zero-order valence-corrected chi connectivity index (χ0v) is 12.4. The molecule has 0 spiro atoms. The van der Waals surface area contributed by atoms with E-state index >= 15 is 0 Å². The molecule has 1 aromatic rings. The molecule has 2 unspecified atom stereocenters. The molecule has 1 heterocycles. The van der Waals surface area contributed by atoms with Crippen molar-refractivity contribution in [2.45, 2.75) is 37.7 Å². The molecule has 0 bridgehead atoms. The molecule has 1 aromatic carbocycles. The monoisotopic (exact) mass is 274 g/mol. The first-order valence-corrected chi connectivity index (χ1v) is 7.76. The molecule has 1 fully saturated rings. The number of aliphatic hydroxyl groups is 1. The van der Waals surface area contributed by atoms with Crippen molar-refractivity contribution in [3.8, 4) is 0 Å². The van der Waals surface area contributed by atoms with Crippen molar-refractivity contribution in [2.75, 3.05) is 26.7 Å². The number of fused-ring (bicyclic) bond motifs is 1. The fourth-order valence-electron chi connectivity index (χ4n) is 4.24. The highest BCUT2D eigenvalue weighted by Gasteiger charge is 2.51. The Bertz CT molecular complexity index is 490. The van der Waals surface area contributed by atoms with Gasteiger partial charge in [-0.05, 0) is 56.8 Å². The number of nitrogens with zero attached hydrogens (tertiary/aromatic N) is 1. The van der Waals surface area contributed by atoms with Crippen molar-refractivity contribution in [3.05, 3.63) is 35.4 Å². The minimum atomic E-state index is -0.637. The SMILES string of the molecule is CN1CCCC(O)(C2(CN)CCc3ccccc3C2)C1. The molecular formula is C17H26N2O. The van der Waals surface area contributed by atoms with Gasteiger partial charge in [-0.3, -0.25) is 0 Å². The van der Waals surface area contributed by atoms with Crippen LogP contribution in [0.15, 0.2) is 24.3 Å². The lowest BCUT2D eigenvalue weighted by molar-refractivity contribution is -0.125. The van der Waals surface area contributed by atoms with Crippen LogP contribution in [0.3, 0.4) is 0 Å². The molecule has 3 N–H and O–H groups in total. The van der Waals surface area contributed by atoms with E-state index in [-0.39, 0.29) is 5.41 Å². The van der Waals surface area contributed by atoms with Crippen LogP contribution in [-0.4, -0.2) is 42.3 Å². The van der Waals surface area contributed by atoms with E-state index < -0.39 is 5.60 Å². The van der Waals surface area contributed by atoms with E-state index in [2.05, 4.69) is 36.2 Å². The van der Waals surface area contributed by atoms with Crippen LogP contribution in [0, 0.1) is 5.41 Å². The quantitative estimate of drug-likeness (QED) is 0.861. The highest BCUT2D eigenvalue weighted by molar-refractivity contribution is 5.32. The topological polar surface area (TPSA) is 49.5 Å². The zero-order valence-electron chi connectivity index (χ0n) is 12.4. The largest absolute Gasteiger partial charge is 0.388 e. The molecule has 2 atom stereocenters. The van der Waals surface area contributed by atoms with Gasteiger partial charge in [0.05, 0.1) is 5.60 Å². The van der Waals surface area contributed by atoms with Gasteiger partial charge >= 0.3 is 0 Å². The van der Waals surface area contributed by atoms with Crippen LogP contribution in [0.4, 0.5) is 0 Å². The Kier molecular flexibility index (Phi) is 3.61. The van der Waals surface area contributed by atoms with Crippen LogP contribution in [-0.2, 0) is 12.8 Å². The summed E-state index contributed by atoms with van der Waals surface area (Å²) in [5, 5.41) is 11.3. The molecule has 20 heavy (non-hydrogen) atoms. The Morgan fingerprint density at radius 2 is 2.00 bits per heavy atom. The van der Waals surface area contributed by atoms with Gasteiger partial charge in [0.2, 0.25) is 0 Å². The van der Waals surface area contributed by atoms with Crippen molar-refractivity contribution < 1.29 is 5.11 Å². The van der Waals surface area contributed by atoms with Gasteiger partial charge < -0.3 is 15.7 Å². The molecule has 1 aliphatic carbocycles. The maximum Gasteiger partial charge on any atom is 0.0845 e. The fraction of sp³-hybridized carbons (Fsp3) is 0.647. The first kappa shape index (κ1) is 14.1. The van der Waals surface area contributed by atoms with E-state index in [4.69, 9.17) is 5.73 Å². The number of likely N-dealkylation sites (tertiary alicyclic amines) is 1. The lowest BCUT2D eigenvalue weighted by atomic mass is 9.59. The van der Waals surface area contributed by atoms with E-state index in [9.17, 15) is 5.11 Å². The second kappa shape index (κ2) is 5.14. The molecule has 1 saturated heterocycles. The van der Waals surface area contributed by atoms with Crippen molar-refractivity contribution in [1.82, 2.24) is 4.90 Å². The molecule has 0 saturated carbocycles. The van der Waals surface area contributed by atoms with Crippen LogP contribution in [0.1, 0.15) is 30.4 Å². The maximum atomic E-state index is 11.3. The third kappa shape index (κ3) is 2.18. The van der Waals surface area contributed by atoms with Crippen LogP contribution >= 0.6 is 0 Å². The maximum absolute atomic E-state index is 11.3. The van der Waals surface area contributed by atoms with Gasteiger partial charge in [-0.15, -0.1) is 0 Å². The van der Waals surface area contributed by atoms with Gasteiger partial charge in [0.1, 0.15) is 0 Å². The van der Waals surface area contributed by atoms with Crippen LogP contribution in [0.2, 0.25) is 0 Å². The predicted molar refractivity (Wildman–Crippen MR) is 81.6 cm³/mol. The van der Waals surface area contributed by atoms with Crippen molar-refractivity contribution in [1.29, 1.82) is 0 Å². The third-order valence-corrected chi connectivity index (χ3v) is 5.56. The molecule has 0 radical (unpaired) electrons. The molecular weight excluding hydrogens is 248 g/mol. The van der Waals surface area contributed by atoms with Crippen LogP contribution in [0.25, 0.3) is 0 Å². The van der Waals surface area contributed by atoms with Gasteiger partial charge in [0.25, 0.3) is 0 Å². The van der Waals surface area contributed by atoms with Crippen LogP contribution < -0.4 is 5.73 Å². The molecule has 0 aromatic heterocycles. The number of β-amino-alcohol motifs (C(OH)–C–C–N with tert-alkyl or cyclic N) is 1. The Morgan fingerprint density at radius 1 is 1.25 bits per heavy atom. The predicted octanol–water partition coefficient (Wildman–Crippen LogP) is 1.58. The molecule has 3 nitrogen and oxygen atoms in total. The van der Waals surface area contributed by atoms with Crippen molar-refractivity contribution >= 4 is 0 Å². The third-order valence-electron chi connectivity index (χ3n) is 5.56. The highest BCUT2D eigenvalue weighted by atomic mass is 16.3. The average molecular weight is 274 g/mol. The fourth-order valence-corrected chi connectivity index (χ4v) is 4.24. The number of rotatable bonds is 2. The first-order chi connectivity index (χ1) is 9.59. The number of benzene rings is 1. The second-order valence-corrected chi connectivity index (χ2v) is 6.80. The number of piperidine rings is 1. The molecule has 0 amide bonds. The summed E-state index contributed by atoms with van der Waals surface area (Å²) in [6, 6.07) is 8.63. The molecule has 3 heteroatoms. The Hall–Kier alpha value is -0.900. The van der Waals surface area contributed by atoms with E-state index in [0.717, 1.165) is 45.2 Å². The van der Waals surface area contributed by atoms with Gasteiger partial charge in [-0.1, -0.05) is 24.3 Å². The summed E-state index contributed by atoms with van der Waals surface area (Å²) in [6.07, 6.45) is 4.92. The summed E-state index contributed by atoms with van der Waals surface area (Å²) in [5.41, 5.74) is 8.20. The van der Waals surface area contributed by atoms with Gasteiger partial charge in [-0.25, -0.2) is 0 Å². The van der Waals surface area contributed by atoms with E-state index in [0.29, 0.717) is 6.54 Å². The zero-order chi connectivity index (χ0) is 14.2. The number of nitrogens with two attached hydrogens (primary N) is 1. The summed E-state index contributed by atoms with van der Waals surface area (Å²) in [7, 11) is 2.10. The van der Waals surface area contributed by atoms with Crippen molar-refractivity contribution in [3.63, 3.8) is 0 Å². The number of likely N-dealkylation sites (N-methyl/N-ethyl adjacent to an activating group) is 1. The highest BCUT2D eigenvalue weighted by Crippen LogP contribution is 2.46. The Labute approximate surface area is 121 Å². The average Bonchev–Trinajstić information content (AvgIpc) is 2.46. The Balaban J connectivity index is 1.93. The van der Waals surface area contributed by atoms with E-state index in [1.54, 1.807) is 0 Å². The normalized spacial score (nSPS) is 34.8. The van der Waals surface area contributed by atoms with Gasteiger partial charge in [0.15, 0.2) is 0 Å². The van der Waals surface area contributed by atoms with Crippen LogP contribution in [0.5, 0.6) is 0 Å². The minimum Gasteiger partial charge on any atom is -0.388 e.